The first-order valence-corrected chi connectivity index (χ1v) is 5.70. The summed E-state index contributed by atoms with van der Waals surface area (Å²) in [7, 11) is 0. The molecule has 2 heterocycles. The molecule has 2 aromatic rings. The molecule has 5 heteroatoms. The molecule has 0 spiro atoms. The summed E-state index contributed by atoms with van der Waals surface area (Å²) in [5.74, 6) is 0.568. The lowest BCUT2D eigenvalue weighted by Crippen LogP contribution is -1.97. The lowest BCUT2D eigenvalue weighted by atomic mass is 10.1. The maximum atomic E-state index is 9.66. The van der Waals surface area contributed by atoms with E-state index in [2.05, 4.69) is 22.0 Å². The summed E-state index contributed by atoms with van der Waals surface area (Å²) in [6.45, 7) is 2.19. The second kappa shape index (κ2) is 4.92. The molecular weight excluding hydrogens is 204 g/mol. The Hall–Kier alpha value is -1.65. The molecule has 0 aliphatic carbocycles. The zero-order valence-electron chi connectivity index (χ0n) is 9.43. The number of fused-ring (bicyclic) bond motifs is 1. The van der Waals surface area contributed by atoms with Crippen LogP contribution in [-0.2, 0) is 6.42 Å². The van der Waals surface area contributed by atoms with E-state index in [1.165, 1.54) is 30.1 Å². The van der Waals surface area contributed by atoms with E-state index >= 15 is 0 Å². The lowest BCUT2D eigenvalue weighted by Gasteiger charge is -2.02. The molecule has 1 N–H and O–H groups in total. The van der Waals surface area contributed by atoms with Gasteiger partial charge in [0.15, 0.2) is 0 Å². The average molecular weight is 220 g/mol. The summed E-state index contributed by atoms with van der Waals surface area (Å²) in [4.78, 5) is 8.29. The van der Waals surface area contributed by atoms with Gasteiger partial charge in [-0.3, -0.25) is 0 Å². The van der Waals surface area contributed by atoms with Gasteiger partial charge in [0.1, 0.15) is 6.33 Å². The van der Waals surface area contributed by atoms with E-state index in [0.717, 1.165) is 18.5 Å². The molecule has 0 atom stereocenters. The lowest BCUT2D eigenvalue weighted by molar-refractivity contribution is 0.433. The minimum absolute atomic E-state index is 0.105. The molecule has 5 nitrogen and oxygen atoms in total. The van der Waals surface area contributed by atoms with Crippen LogP contribution in [0.25, 0.3) is 5.78 Å². The monoisotopic (exact) mass is 220 g/mol. The Morgan fingerprint density at radius 2 is 2.19 bits per heavy atom. The van der Waals surface area contributed by atoms with E-state index in [0.29, 0.717) is 5.78 Å². The predicted molar refractivity (Wildman–Crippen MR) is 60.3 cm³/mol. The molecule has 0 radical (unpaired) electrons. The Bertz CT molecular complexity index is 466. The maximum Gasteiger partial charge on any atom is 0.255 e. The maximum absolute atomic E-state index is 9.66. The SMILES string of the molecule is CCCCCCc1cc(O)n2ncnc2n1. The number of aromatic nitrogens is 4. The van der Waals surface area contributed by atoms with E-state index < -0.39 is 0 Å². The van der Waals surface area contributed by atoms with Gasteiger partial charge in [-0.15, -0.1) is 0 Å². The number of hydrogen-bond acceptors (Lipinski definition) is 4. The van der Waals surface area contributed by atoms with Crippen LogP contribution in [0.15, 0.2) is 12.4 Å². The summed E-state index contributed by atoms with van der Waals surface area (Å²) in [5, 5.41) is 13.5. The van der Waals surface area contributed by atoms with Crippen molar-refractivity contribution in [3.05, 3.63) is 18.1 Å². The first kappa shape index (κ1) is 10.9. The molecule has 86 valence electrons. The van der Waals surface area contributed by atoms with Crippen molar-refractivity contribution in [2.75, 3.05) is 0 Å². The van der Waals surface area contributed by atoms with Crippen molar-refractivity contribution in [2.24, 2.45) is 0 Å². The first-order valence-electron chi connectivity index (χ1n) is 5.70. The van der Waals surface area contributed by atoms with Crippen molar-refractivity contribution >= 4 is 5.78 Å². The fourth-order valence-electron chi connectivity index (χ4n) is 1.71. The van der Waals surface area contributed by atoms with Crippen LogP contribution in [0, 0.1) is 0 Å². The molecule has 0 saturated heterocycles. The summed E-state index contributed by atoms with van der Waals surface area (Å²) < 4.78 is 1.33. The third-order valence-electron chi connectivity index (χ3n) is 2.57. The van der Waals surface area contributed by atoms with Gasteiger partial charge in [0.05, 0.1) is 0 Å². The fraction of sp³-hybridized carbons (Fsp3) is 0.545. The molecule has 0 aromatic carbocycles. The summed E-state index contributed by atoms with van der Waals surface area (Å²) in [6.07, 6.45) is 7.06. The predicted octanol–water partition coefficient (Wildman–Crippen LogP) is 1.95. The molecule has 0 bridgehead atoms. The zero-order valence-corrected chi connectivity index (χ0v) is 9.43. The number of unbranched alkanes of at least 4 members (excludes halogenated alkanes) is 3. The smallest absolute Gasteiger partial charge is 0.255 e. The summed E-state index contributed by atoms with van der Waals surface area (Å²) >= 11 is 0. The molecule has 0 saturated carbocycles. The van der Waals surface area contributed by atoms with Crippen LogP contribution in [0.5, 0.6) is 5.88 Å². The van der Waals surface area contributed by atoms with Crippen LogP contribution in [0.3, 0.4) is 0 Å². The molecule has 0 fully saturated rings. The molecule has 0 aliphatic rings. The second-order valence-corrected chi connectivity index (χ2v) is 3.89. The molecule has 2 rings (SSSR count). The van der Waals surface area contributed by atoms with E-state index in [9.17, 15) is 5.11 Å². The van der Waals surface area contributed by atoms with Crippen LogP contribution in [0.2, 0.25) is 0 Å². The highest BCUT2D eigenvalue weighted by Crippen LogP contribution is 2.13. The minimum atomic E-state index is 0.105. The molecule has 2 aromatic heterocycles. The van der Waals surface area contributed by atoms with E-state index in [-0.39, 0.29) is 5.88 Å². The van der Waals surface area contributed by atoms with Gasteiger partial charge in [-0.2, -0.15) is 14.6 Å². The van der Waals surface area contributed by atoms with E-state index in [4.69, 9.17) is 0 Å². The molecule has 16 heavy (non-hydrogen) atoms. The third kappa shape index (κ3) is 2.29. The highest BCUT2D eigenvalue weighted by molar-refractivity contribution is 5.32. The topological polar surface area (TPSA) is 63.3 Å². The van der Waals surface area contributed by atoms with Crippen LogP contribution in [0.4, 0.5) is 0 Å². The quantitative estimate of drug-likeness (QED) is 0.782. The van der Waals surface area contributed by atoms with Crippen molar-refractivity contribution in [1.29, 1.82) is 0 Å². The molecular formula is C11H16N4O. The Morgan fingerprint density at radius 3 is 3.00 bits per heavy atom. The standard InChI is InChI=1S/C11H16N4O/c1-2-3-4-5-6-9-7-10(16)15-11(14-9)12-8-13-15/h7-8,16H,2-6H2,1H3. The van der Waals surface area contributed by atoms with Crippen molar-refractivity contribution in [1.82, 2.24) is 19.6 Å². The second-order valence-electron chi connectivity index (χ2n) is 3.89. The molecule has 0 unspecified atom stereocenters. The van der Waals surface area contributed by atoms with Crippen LogP contribution in [0.1, 0.15) is 38.3 Å². The summed E-state index contributed by atoms with van der Waals surface area (Å²) in [5.41, 5.74) is 0.883. The largest absolute Gasteiger partial charge is 0.493 e. The number of aromatic hydroxyl groups is 1. The Kier molecular flexibility index (Phi) is 3.34. The van der Waals surface area contributed by atoms with Crippen molar-refractivity contribution in [3.63, 3.8) is 0 Å². The average Bonchev–Trinajstić information content (AvgIpc) is 2.73. The Balaban J connectivity index is 2.06. The molecule has 0 amide bonds. The number of nitrogens with zero attached hydrogens (tertiary/aromatic N) is 4. The van der Waals surface area contributed by atoms with E-state index in [1.807, 2.05) is 0 Å². The zero-order chi connectivity index (χ0) is 11.4. The summed E-state index contributed by atoms with van der Waals surface area (Å²) in [6, 6.07) is 1.66. The van der Waals surface area contributed by atoms with Gasteiger partial charge in [0, 0.05) is 11.8 Å². The van der Waals surface area contributed by atoms with Gasteiger partial charge in [0.25, 0.3) is 5.78 Å². The highest BCUT2D eigenvalue weighted by Gasteiger charge is 2.05. The first-order chi connectivity index (χ1) is 7.81. The van der Waals surface area contributed by atoms with Gasteiger partial charge in [-0.25, -0.2) is 4.98 Å². The fourth-order valence-corrected chi connectivity index (χ4v) is 1.71. The van der Waals surface area contributed by atoms with Gasteiger partial charge in [-0.05, 0) is 12.8 Å². The van der Waals surface area contributed by atoms with Crippen LogP contribution < -0.4 is 0 Å². The van der Waals surface area contributed by atoms with Gasteiger partial charge in [-0.1, -0.05) is 26.2 Å². The third-order valence-corrected chi connectivity index (χ3v) is 2.57. The van der Waals surface area contributed by atoms with E-state index in [1.54, 1.807) is 6.07 Å². The van der Waals surface area contributed by atoms with Gasteiger partial charge >= 0.3 is 0 Å². The van der Waals surface area contributed by atoms with Crippen molar-refractivity contribution < 1.29 is 5.11 Å². The Morgan fingerprint density at radius 1 is 1.31 bits per heavy atom. The highest BCUT2D eigenvalue weighted by atomic mass is 16.3. The normalized spacial score (nSPS) is 11.1. The number of rotatable bonds is 5. The van der Waals surface area contributed by atoms with Gasteiger partial charge < -0.3 is 5.11 Å². The van der Waals surface area contributed by atoms with Crippen LogP contribution >= 0.6 is 0 Å². The Labute approximate surface area is 94.2 Å². The van der Waals surface area contributed by atoms with Gasteiger partial charge in [0.2, 0.25) is 5.88 Å². The van der Waals surface area contributed by atoms with Crippen molar-refractivity contribution in [2.45, 2.75) is 39.0 Å². The molecule has 0 aliphatic heterocycles. The minimum Gasteiger partial charge on any atom is -0.493 e. The number of hydrogen-bond donors (Lipinski definition) is 1. The van der Waals surface area contributed by atoms with Crippen LogP contribution in [-0.4, -0.2) is 24.7 Å². The number of aryl methyl sites for hydroxylation is 1. The van der Waals surface area contributed by atoms with Crippen molar-refractivity contribution in [3.8, 4) is 5.88 Å².